The SMILES string of the molecule is CCOc1ccccc1OC1CCN(CC(=O)Nc2ccccc2N2CCCC2=O)CC1. The van der Waals surface area contributed by atoms with E-state index in [1.807, 2.05) is 55.5 Å². The first kappa shape index (κ1) is 22.1. The molecular formula is C25H31N3O4. The summed E-state index contributed by atoms with van der Waals surface area (Å²) in [6.45, 7) is 5.17. The second-order valence-corrected chi connectivity index (χ2v) is 8.19. The molecule has 2 amide bonds. The summed E-state index contributed by atoms with van der Waals surface area (Å²) >= 11 is 0. The number of amides is 2. The molecule has 2 saturated heterocycles. The van der Waals surface area contributed by atoms with Gasteiger partial charge >= 0.3 is 0 Å². The number of carbonyl (C=O) groups is 2. The first-order valence-corrected chi connectivity index (χ1v) is 11.4. The zero-order chi connectivity index (χ0) is 22.3. The molecule has 7 nitrogen and oxygen atoms in total. The number of ether oxygens (including phenoxy) is 2. The molecular weight excluding hydrogens is 406 g/mol. The number of benzene rings is 2. The Morgan fingerprint density at radius 1 is 1.03 bits per heavy atom. The monoisotopic (exact) mass is 437 g/mol. The molecule has 32 heavy (non-hydrogen) atoms. The van der Waals surface area contributed by atoms with E-state index < -0.39 is 0 Å². The Balaban J connectivity index is 1.28. The molecule has 0 aromatic heterocycles. The van der Waals surface area contributed by atoms with Crippen molar-refractivity contribution in [1.82, 2.24) is 4.90 Å². The number of nitrogens with zero attached hydrogens (tertiary/aromatic N) is 2. The van der Waals surface area contributed by atoms with Crippen LogP contribution in [0.2, 0.25) is 0 Å². The number of likely N-dealkylation sites (tertiary alicyclic amines) is 1. The van der Waals surface area contributed by atoms with Crippen LogP contribution in [0, 0.1) is 0 Å². The third kappa shape index (κ3) is 5.40. The summed E-state index contributed by atoms with van der Waals surface area (Å²) in [5.41, 5.74) is 1.47. The molecule has 0 aliphatic carbocycles. The van der Waals surface area contributed by atoms with Gasteiger partial charge in [-0.3, -0.25) is 14.5 Å². The van der Waals surface area contributed by atoms with Gasteiger partial charge in [0, 0.05) is 26.1 Å². The van der Waals surface area contributed by atoms with Crippen molar-refractivity contribution in [3.05, 3.63) is 48.5 Å². The predicted molar refractivity (Wildman–Crippen MR) is 124 cm³/mol. The third-order valence-corrected chi connectivity index (χ3v) is 5.89. The lowest BCUT2D eigenvalue weighted by molar-refractivity contribution is -0.118. The summed E-state index contributed by atoms with van der Waals surface area (Å²) in [7, 11) is 0. The van der Waals surface area contributed by atoms with Gasteiger partial charge in [0.15, 0.2) is 11.5 Å². The predicted octanol–water partition coefficient (Wildman–Crippen LogP) is 3.69. The summed E-state index contributed by atoms with van der Waals surface area (Å²) in [6.07, 6.45) is 3.23. The molecule has 2 aliphatic rings. The molecule has 1 N–H and O–H groups in total. The molecule has 170 valence electrons. The average Bonchev–Trinajstić information content (AvgIpc) is 3.22. The quantitative estimate of drug-likeness (QED) is 0.682. The van der Waals surface area contributed by atoms with Crippen LogP contribution in [-0.2, 0) is 9.59 Å². The van der Waals surface area contributed by atoms with Gasteiger partial charge in [0.05, 0.1) is 24.5 Å². The Morgan fingerprint density at radius 3 is 2.47 bits per heavy atom. The van der Waals surface area contributed by atoms with Gasteiger partial charge in [-0.2, -0.15) is 0 Å². The Kier molecular flexibility index (Phi) is 7.27. The fourth-order valence-corrected chi connectivity index (χ4v) is 4.30. The summed E-state index contributed by atoms with van der Waals surface area (Å²) in [5.74, 6) is 1.59. The number of piperidine rings is 1. The molecule has 0 bridgehead atoms. The number of anilines is 2. The normalized spacial score (nSPS) is 17.4. The van der Waals surface area contributed by atoms with Crippen LogP contribution in [0.25, 0.3) is 0 Å². The molecule has 2 aliphatic heterocycles. The Labute approximate surface area is 189 Å². The minimum absolute atomic E-state index is 0.0647. The lowest BCUT2D eigenvalue weighted by atomic mass is 10.1. The summed E-state index contributed by atoms with van der Waals surface area (Å²) in [5, 5.41) is 3.01. The second-order valence-electron chi connectivity index (χ2n) is 8.19. The Hall–Kier alpha value is -3.06. The number of para-hydroxylation sites is 4. The standard InChI is InChI=1S/C25H31N3O4/c1-2-31-22-10-5-6-11-23(22)32-19-13-16-27(17-14-19)18-24(29)26-20-8-3-4-9-21(20)28-15-7-12-25(28)30/h3-6,8-11,19H,2,7,12-18H2,1H3,(H,26,29). The van der Waals surface area contributed by atoms with Crippen molar-refractivity contribution in [1.29, 1.82) is 0 Å². The minimum atomic E-state index is -0.0647. The van der Waals surface area contributed by atoms with Gasteiger partial charge in [-0.15, -0.1) is 0 Å². The maximum absolute atomic E-state index is 12.7. The molecule has 0 spiro atoms. The number of carbonyl (C=O) groups excluding carboxylic acids is 2. The second kappa shape index (κ2) is 10.5. The van der Waals surface area contributed by atoms with Crippen molar-refractivity contribution in [2.24, 2.45) is 0 Å². The highest BCUT2D eigenvalue weighted by Crippen LogP contribution is 2.30. The fraction of sp³-hybridized carbons (Fsp3) is 0.440. The van der Waals surface area contributed by atoms with Crippen molar-refractivity contribution in [3.63, 3.8) is 0 Å². The van der Waals surface area contributed by atoms with E-state index in [1.165, 1.54) is 0 Å². The van der Waals surface area contributed by atoms with Crippen LogP contribution < -0.4 is 19.7 Å². The topological polar surface area (TPSA) is 71.1 Å². The maximum atomic E-state index is 12.7. The lowest BCUT2D eigenvalue weighted by Gasteiger charge is -2.32. The summed E-state index contributed by atoms with van der Waals surface area (Å²) in [4.78, 5) is 28.8. The lowest BCUT2D eigenvalue weighted by Crippen LogP contribution is -2.42. The highest BCUT2D eigenvalue weighted by Gasteiger charge is 2.26. The largest absolute Gasteiger partial charge is 0.490 e. The molecule has 0 unspecified atom stereocenters. The van der Waals surface area contributed by atoms with Crippen molar-refractivity contribution in [3.8, 4) is 11.5 Å². The van der Waals surface area contributed by atoms with Crippen LogP contribution in [0.4, 0.5) is 11.4 Å². The van der Waals surface area contributed by atoms with Crippen molar-refractivity contribution < 1.29 is 19.1 Å². The third-order valence-electron chi connectivity index (χ3n) is 5.89. The van der Waals surface area contributed by atoms with Gasteiger partial charge in [-0.05, 0) is 50.5 Å². The van der Waals surface area contributed by atoms with Crippen LogP contribution in [0.15, 0.2) is 48.5 Å². The molecule has 2 fully saturated rings. The molecule has 0 atom stereocenters. The van der Waals surface area contributed by atoms with E-state index in [4.69, 9.17) is 9.47 Å². The fourth-order valence-electron chi connectivity index (χ4n) is 4.30. The molecule has 0 saturated carbocycles. The van der Waals surface area contributed by atoms with Crippen LogP contribution in [-0.4, -0.2) is 55.6 Å². The molecule has 2 heterocycles. The molecule has 7 heteroatoms. The summed E-state index contributed by atoms with van der Waals surface area (Å²) in [6, 6.07) is 15.3. The van der Waals surface area contributed by atoms with E-state index in [2.05, 4.69) is 10.2 Å². The smallest absolute Gasteiger partial charge is 0.238 e. The van der Waals surface area contributed by atoms with E-state index in [0.29, 0.717) is 31.8 Å². The van der Waals surface area contributed by atoms with Gasteiger partial charge in [-0.1, -0.05) is 24.3 Å². The number of hydrogen-bond acceptors (Lipinski definition) is 5. The number of hydrogen-bond donors (Lipinski definition) is 1. The molecule has 0 radical (unpaired) electrons. The molecule has 2 aromatic rings. The first-order chi connectivity index (χ1) is 15.6. The highest BCUT2D eigenvalue weighted by molar-refractivity contribution is 6.02. The summed E-state index contributed by atoms with van der Waals surface area (Å²) < 4.78 is 11.8. The zero-order valence-corrected chi connectivity index (χ0v) is 18.6. The van der Waals surface area contributed by atoms with Crippen LogP contribution >= 0.6 is 0 Å². The minimum Gasteiger partial charge on any atom is -0.490 e. The van der Waals surface area contributed by atoms with Crippen molar-refractivity contribution in [2.75, 3.05) is 43.0 Å². The van der Waals surface area contributed by atoms with E-state index in [-0.39, 0.29) is 17.9 Å². The first-order valence-electron chi connectivity index (χ1n) is 11.4. The van der Waals surface area contributed by atoms with Crippen LogP contribution in [0.1, 0.15) is 32.6 Å². The van der Waals surface area contributed by atoms with Gasteiger partial charge in [0.25, 0.3) is 0 Å². The average molecular weight is 438 g/mol. The van der Waals surface area contributed by atoms with Crippen molar-refractivity contribution >= 4 is 23.2 Å². The van der Waals surface area contributed by atoms with E-state index in [1.54, 1.807) is 4.90 Å². The van der Waals surface area contributed by atoms with Gasteiger partial charge in [0.2, 0.25) is 11.8 Å². The number of nitrogens with one attached hydrogen (secondary N) is 1. The van der Waals surface area contributed by atoms with Crippen LogP contribution in [0.5, 0.6) is 11.5 Å². The zero-order valence-electron chi connectivity index (χ0n) is 18.6. The van der Waals surface area contributed by atoms with E-state index in [0.717, 1.165) is 49.5 Å². The highest BCUT2D eigenvalue weighted by atomic mass is 16.5. The van der Waals surface area contributed by atoms with Gasteiger partial charge in [0.1, 0.15) is 6.10 Å². The molecule has 2 aromatic carbocycles. The van der Waals surface area contributed by atoms with Crippen LogP contribution in [0.3, 0.4) is 0 Å². The van der Waals surface area contributed by atoms with Gasteiger partial charge in [-0.25, -0.2) is 0 Å². The Morgan fingerprint density at radius 2 is 1.75 bits per heavy atom. The van der Waals surface area contributed by atoms with E-state index in [9.17, 15) is 9.59 Å². The number of rotatable bonds is 8. The molecule has 4 rings (SSSR count). The Bertz CT molecular complexity index is 940. The maximum Gasteiger partial charge on any atom is 0.238 e. The van der Waals surface area contributed by atoms with Crippen molar-refractivity contribution in [2.45, 2.75) is 38.7 Å². The van der Waals surface area contributed by atoms with Gasteiger partial charge < -0.3 is 19.7 Å². The van der Waals surface area contributed by atoms with E-state index >= 15 is 0 Å².